The summed E-state index contributed by atoms with van der Waals surface area (Å²) in [5.41, 5.74) is 0. The van der Waals surface area contributed by atoms with Crippen LogP contribution >= 0.6 is 22.9 Å². The monoisotopic (exact) mass is 224 g/mol. The number of halogens is 1. The van der Waals surface area contributed by atoms with Gasteiger partial charge in [0.1, 0.15) is 0 Å². The van der Waals surface area contributed by atoms with E-state index in [1.807, 2.05) is 0 Å². The lowest BCUT2D eigenvalue weighted by molar-refractivity contribution is 0.494. The van der Waals surface area contributed by atoms with E-state index in [4.69, 9.17) is 16.2 Å². The summed E-state index contributed by atoms with van der Waals surface area (Å²) >= 11 is 6.81. The van der Waals surface area contributed by atoms with Crippen molar-refractivity contribution >= 4 is 39.1 Å². The molecule has 0 unspecified atom stereocenters. The topological polar surface area (TPSA) is 54.4 Å². The van der Waals surface area contributed by atoms with Crippen LogP contribution in [0.2, 0.25) is 4.34 Å². The van der Waals surface area contributed by atoms with E-state index in [0.717, 1.165) is 5.41 Å². The van der Waals surface area contributed by atoms with Gasteiger partial charge in [0.2, 0.25) is 0 Å². The number of hydrogen-bond donors (Lipinski definition) is 1. The van der Waals surface area contributed by atoms with Crippen LogP contribution in [0, 0.1) is 0 Å². The Kier molecular flexibility index (Phi) is 2.89. The first-order valence-corrected chi connectivity index (χ1v) is 5.58. The molecular weight excluding hydrogens is 220 g/mol. The zero-order chi connectivity index (χ0) is 9.19. The Morgan fingerprint density at radius 3 is 2.58 bits per heavy atom. The fourth-order valence-corrected chi connectivity index (χ4v) is 1.94. The first kappa shape index (κ1) is 9.73. The fraction of sp³-hybridized carbons (Fsp3) is 0. The lowest BCUT2D eigenvalue weighted by atomic mass is 10.5. The summed E-state index contributed by atoms with van der Waals surface area (Å²) in [6.45, 7) is 0. The summed E-state index contributed by atoms with van der Waals surface area (Å²) in [7, 11) is -4.03. The van der Waals surface area contributed by atoms with E-state index >= 15 is 0 Å². The Bertz CT molecular complexity index is 391. The Labute approximate surface area is 79.0 Å². The van der Waals surface area contributed by atoms with Gasteiger partial charge < -0.3 is 0 Å². The molecule has 0 radical (unpaired) electrons. The minimum atomic E-state index is -4.03. The molecule has 0 saturated heterocycles. The van der Waals surface area contributed by atoms with Crippen LogP contribution in [0.5, 0.6) is 0 Å². The highest BCUT2D eigenvalue weighted by Crippen LogP contribution is 2.22. The van der Waals surface area contributed by atoms with Crippen molar-refractivity contribution in [3.63, 3.8) is 0 Å². The van der Waals surface area contributed by atoms with E-state index in [1.54, 1.807) is 12.1 Å². The molecule has 0 saturated carbocycles. The summed E-state index contributed by atoms with van der Waals surface area (Å²) < 4.78 is 29.4. The Hall–Kier alpha value is -0.360. The fourth-order valence-electron chi connectivity index (χ4n) is 0.571. The van der Waals surface area contributed by atoms with Crippen molar-refractivity contribution in [2.24, 2.45) is 0 Å². The van der Waals surface area contributed by atoms with Crippen LogP contribution in [0.3, 0.4) is 0 Å². The molecule has 1 rings (SSSR count). The van der Waals surface area contributed by atoms with Crippen LogP contribution in [-0.2, 0) is 10.1 Å². The van der Waals surface area contributed by atoms with Gasteiger partial charge in [-0.3, -0.25) is 4.55 Å². The third-order valence-electron chi connectivity index (χ3n) is 0.998. The van der Waals surface area contributed by atoms with Crippen molar-refractivity contribution in [2.75, 3.05) is 0 Å². The molecule has 0 fully saturated rings. The van der Waals surface area contributed by atoms with Gasteiger partial charge in [0.15, 0.2) is 0 Å². The minimum Gasteiger partial charge on any atom is -0.282 e. The SMILES string of the molecule is O=S(=O)(O)C=Cc1ccc(Cl)s1. The average Bonchev–Trinajstić information content (AvgIpc) is 2.30. The van der Waals surface area contributed by atoms with E-state index < -0.39 is 10.1 Å². The third-order valence-corrected chi connectivity index (χ3v) is 2.67. The normalized spacial score (nSPS) is 12.5. The predicted octanol–water partition coefficient (Wildman–Crippen LogP) is 2.26. The molecular formula is C6H5ClO3S2. The van der Waals surface area contributed by atoms with Crippen LogP contribution in [0.4, 0.5) is 0 Å². The molecule has 0 amide bonds. The van der Waals surface area contributed by atoms with Crippen molar-refractivity contribution in [3.8, 4) is 0 Å². The molecule has 66 valence electrons. The smallest absolute Gasteiger partial charge is 0.282 e. The van der Waals surface area contributed by atoms with Crippen LogP contribution in [-0.4, -0.2) is 13.0 Å². The van der Waals surface area contributed by atoms with Crippen molar-refractivity contribution in [2.45, 2.75) is 0 Å². The Morgan fingerprint density at radius 1 is 1.50 bits per heavy atom. The summed E-state index contributed by atoms with van der Waals surface area (Å²) in [6.07, 6.45) is 1.28. The first-order valence-electron chi connectivity index (χ1n) is 2.88. The van der Waals surface area contributed by atoms with Crippen LogP contribution in [0.15, 0.2) is 17.5 Å². The van der Waals surface area contributed by atoms with Gasteiger partial charge in [-0.1, -0.05) is 11.6 Å². The first-order chi connectivity index (χ1) is 5.47. The molecule has 3 nitrogen and oxygen atoms in total. The van der Waals surface area contributed by atoms with Crippen molar-refractivity contribution in [1.82, 2.24) is 0 Å². The summed E-state index contributed by atoms with van der Waals surface area (Å²) in [6, 6.07) is 3.31. The molecule has 0 aliphatic heterocycles. The quantitative estimate of drug-likeness (QED) is 0.784. The molecule has 0 spiro atoms. The number of thiophene rings is 1. The van der Waals surface area contributed by atoms with Gasteiger partial charge in [-0.2, -0.15) is 8.42 Å². The van der Waals surface area contributed by atoms with Crippen molar-refractivity contribution < 1.29 is 13.0 Å². The molecule has 0 aromatic carbocycles. The van der Waals surface area contributed by atoms with E-state index in [2.05, 4.69) is 0 Å². The van der Waals surface area contributed by atoms with Gasteiger partial charge in [0.05, 0.1) is 9.74 Å². The highest BCUT2D eigenvalue weighted by atomic mass is 35.5. The van der Waals surface area contributed by atoms with Crippen molar-refractivity contribution in [1.29, 1.82) is 0 Å². The molecule has 6 heteroatoms. The molecule has 1 aromatic rings. The largest absolute Gasteiger partial charge is 0.287 e. The summed E-state index contributed by atoms with van der Waals surface area (Å²) in [4.78, 5) is 0.678. The highest BCUT2D eigenvalue weighted by molar-refractivity contribution is 7.88. The van der Waals surface area contributed by atoms with Crippen LogP contribution in [0.1, 0.15) is 4.88 Å². The van der Waals surface area contributed by atoms with E-state index in [1.165, 1.54) is 17.4 Å². The maximum Gasteiger partial charge on any atom is 0.287 e. The second-order valence-corrected chi connectivity index (χ2v) is 5.01. The number of hydrogen-bond acceptors (Lipinski definition) is 3. The Balaban J connectivity index is 2.84. The standard InChI is InChI=1S/C6H5ClO3S2/c7-6-2-1-5(11-6)3-4-12(8,9)10/h1-4H,(H,8,9,10). The van der Waals surface area contributed by atoms with E-state index in [-0.39, 0.29) is 0 Å². The lowest BCUT2D eigenvalue weighted by Gasteiger charge is -1.82. The van der Waals surface area contributed by atoms with Crippen LogP contribution < -0.4 is 0 Å². The molecule has 12 heavy (non-hydrogen) atoms. The molecule has 1 N–H and O–H groups in total. The van der Waals surface area contributed by atoms with E-state index in [0.29, 0.717) is 9.21 Å². The molecule has 1 heterocycles. The predicted molar refractivity (Wildman–Crippen MR) is 49.9 cm³/mol. The second-order valence-electron chi connectivity index (χ2n) is 1.96. The zero-order valence-corrected chi connectivity index (χ0v) is 8.16. The van der Waals surface area contributed by atoms with Gasteiger partial charge in [-0.25, -0.2) is 0 Å². The number of rotatable bonds is 2. The molecule has 0 bridgehead atoms. The molecule has 1 aromatic heterocycles. The van der Waals surface area contributed by atoms with Gasteiger partial charge in [0.25, 0.3) is 10.1 Å². The minimum absolute atomic E-state index is 0.574. The maximum absolute atomic E-state index is 10.3. The zero-order valence-electron chi connectivity index (χ0n) is 5.77. The Morgan fingerprint density at radius 2 is 2.17 bits per heavy atom. The van der Waals surface area contributed by atoms with Gasteiger partial charge in [-0.05, 0) is 18.2 Å². The van der Waals surface area contributed by atoms with Gasteiger partial charge in [-0.15, -0.1) is 11.3 Å². The molecule has 0 atom stereocenters. The average molecular weight is 225 g/mol. The third kappa shape index (κ3) is 3.36. The molecule has 0 aliphatic rings. The summed E-state index contributed by atoms with van der Waals surface area (Å²) in [5.74, 6) is 0. The maximum atomic E-state index is 10.3. The van der Waals surface area contributed by atoms with Gasteiger partial charge in [0, 0.05) is 4.88 Å². The second kappa shape index (κ2) is 3.57. The summed E-state index contributed by atoms with van der Waals surface area (Å²) in [5, 5.41) is 0.717. The lowest BCUT2D eigenvalue weighted by Crippen LogP contribution is -1.88. The highest BCUT2D eigenvalue weighted by Gasteiger charge is 1.97. The van der Waals surface area contributed by atoms with E-state index in [9.17, 15) is 8.42 Å². The van der Waals surface area contributed by atoms with Gasteiger partial charge >= 0.3 is 0 Å². The molecule has 0 aliphatic carbocycles. The van der Waals surface area contributed by atoms with Crippen molar-refractivity contribution in [3.05, 3.63) is 26.8 Å². The van der Waals surface area contributed by atoms with Crippen LogP contribution in [0.25, 0.3) is 6.08 Å².